The maximum absolute atomic E-state index is 5.56. The molecule has 0 amide bonds. The van der Waals surface area contributed by atoms with Crippen LogP contribution in [0.15, 0.2) is 21.7 Å². The summed E-state index contributed by atoms with van der Waals surface area (Å²) in [6, 6.07) is 2.11. The van der Waals surface area contributed by atoms with Crippen LogP contribution in [-0.4, -0.2) is 58.0 Å². The Hall–Kier alpha value is -2.35. The molecular formula is C18H26N6O2. The zero-order chi connectivity index (χ0) is 18.3. The minimum atomic E-state index is -0.00853. The van der Waals surface area contributed by atoms with Gasteiger partial charge in [0.15, 0.2) is 0 Å². The Morgan fingerprint density at radius 2 is 2.00 bits per heavy atom. The van der Waals surface area contributed by atoms with Crippen molar-refractivity contribution in [2.24, 2.45) is 10.4 Å². The largest absolute Gasteiger partial charge is 0.424 e. The number of nitrogens with zero attached hydrogens (tertiary/aromatic N) is 5. The molecule has 1 fully saturated rings. The average Bonchev–Trinajstić information content (AvgIpc) is 3.21. The van der Waals surface area contributed by atoms with E-state index in [1.807, 2.05) is 0 Å². The van der Waals surface area contributed by atoms with E-state index in [0.29, 0.717) is 18.3 Å². The van der Waals surface area contributed by atoms with Crippen LogP contribution in [0.5, 0.6) is 0 Å². The van der Waals surface area contributed by atoms with Crippen LogP contribution in [0.3, 0.4) is 0 Å². The number of morpholine rings is 1. The van der Waals surface area contributed by atoms with Crippen LogP contribution in [0.4, 0.5) is 5.82 Å². The van der Waals surface area contributed by atoms with E-state index in [-0.39, 0.29) is 11.6 Å². The summed E-state index contributed by atoms with van der Waals surface area (Å²) in [6.45, 7) is 12.1. The van der Waals surface area contributed by atoms with Gasteiger partial charge in [0, 0.05) is 31.6 Å². The predicted octanol–water partition coefficient (Wildman–Crippen LogP) is 2.10. The standard InChI is InChI=1S/C18H26N6O2/c1-12-21-22-14(26-12)11-24-6-5-13-15(23-7-9-25-10-8-23)19-17(18(2,3)4)20-16(13)24/h5-6,17,20H,7-11H2,1-4H3. The lowest BCUT2D eigenvalue weighted by Gasteiger charge is -2.38. The number of rotatable bonds is 2. The molecule has 8 heteroatoms. The second-order valence-electron chi connectivity index (χ2n) is 7.89. The Morgan fingerprint density at radius 3 is 2.65 bits per heavy atom. The molecule has 1 atom stereocenters. The molecule has 2 aliphatic heterocycles. The molecule has 0 spiro atoms. The number of amidine groups is 1. The summed E-state index contributed by atoms with van der Waals surface area (Å²) in [5, 5.41) is 11.7. The SMILES string of the molecule is Cc1nnc(Cn2ccc3c2NC(C(C)(C)C)N=C3N2CCOCC2)o1. The van der Waals surface area contributed by atoms with Gasteiger partial charge in [0.05, 0.1) is 18.8 Å². The van der Waals surface area contributed by atoms with Gasteiger partial charge in [-0.15, -0.1) is 10.2 Å². The molecule has 0 bridgehead atoms. The fourth-order valence-electron chi connectivity index (χ4n) is 3.28. The van der Waals surface area contributed by atoms with E-state index in [9.17, 15) is 0 Å². The van der Waals surface area contributed by atoms with Gasteiger partial charge in [-0.25, -0.2) is 4.99 Å². The minimum absolute atomic E-state index is 0.00841. The van der Waals surface area contributed by atoms with Gasteiger partial charge in [0.1, 0.15) is 24.4 Å². The van der Waals surface area contributed by atoms with Crippen molar-refractivity contribution in [2.75, 3.05) is 31.6 Å². The van der Waals surface area contributed by atoms with Gasteiger partial charge in [0.25, 0.3) is 0 Å². The van der Waals surface area contributed by atoms with Crippen molar-refractivity contribution in [3.05, 3.63) is 29.6 Å². The third kappa shape index (κ3) is 3.21. The molecule has 26 heavy (non-hydrogen) atoms. The van der Waals surface area contributed by atoms with E-state index in [0.717, 1.165) is 43.5 Å². The van der Waals surface area contributed by atoms with Crippen molar-refractivity contribution in [3.8, 4) is 0 Å². The van der Waals surface area contributed by atoms with Crippen LogP contribution in [0.2, 0.25) is 0 Å². The highest BCUT2D eigenvalue weighted by Gasteiger charge is 2.33. The minimum Gasteiger partial charge on any atom is -0.424 e. The first kappa shape index (κ1) is 17.1. The molecule has 0 radical (unpaired) electrons. The number of hydrogen-bond donors (Lipinski definition) is 1. The molecule has 1 unspecified atom stereocenters. The highest BCUT2D eigenvalue weighted by molar-refractivity contribution is 6.04. The molecule has 0 saturated carbocycles. The van der Waals surface area contributed by atoms with Crippen LogP contribution in [-0.2, 0) is 11.3 Å². The van der Waals surface area contributed by atoms with Gasteiger partial charge in [-0.3, -0.25) is 0 Å². The van der Waals surface area contributed by atoms with Crippen LogP contribution >= 0.6 is 0 Å². The summed E-state index contributed by atoms with van der Waals surface area (Å²) in [5.74, 6) is 3.28. The molecule has 8 nitrogen and oxygen atoms in total. The van der Waals surface area contributed by atoms with Crippen molar-refractivity contribution in [1.29, 1.82) is 0 Å². The number of aryl methyl sites for hydroxylation is 1. The number of aliphatic imine (C=N–C) groups is 1. The smallest absolute Gasteiger partial charge is 0.236 e. The van der Waals surface area contributed by atoms with Crippen molar-refractivity contribution in [1.82, 2.24) is 19.7 Å². The molecule has 4 rings (SSSR count). The molecule has 2 aromatic heterocycles. The van der Waals surface area contributed by atoms with Gasteiger partial charge < -0.3 is 23.9 Å². The Balaban J connectivity index is 1.70. The number of nitrogens with one attached hydrogen (secondary N) is 1. The lowest BCUT2D eigenvalue weighted by molar-refractivity contribution is 0.0678. The number of hydrogen-bond acceptors (Lipinski definition) is 7. The summed E-state index contributed by atoms with van der Waals surface area (Å²) >= 11 is 0. The Kier molecular flexibility index (Phi) is 4.22. The third-order valence-corrected chi connectivity index (χ3v) is 4.73. The van der Waals surface area contributed by atoms with Gasteiger partial charge in [-0.2, -0.15) is 0 Å². The molecule has 140 valence electrons. The van der Waals surface area contributed by atoms with Crippen LogP contribution in [0.25, 0.3) is 0 Å². The van der Waals surface area contributed by atoms with Crippen molar-refractivity contribution < 1.29 is 9.15 Å². The Morgan fingerprint density at radius 1 is 1.23 bits per heavy atom. The second-order valence-corrected chi connectivity index (χ2v) is 7.89. The topological polar surface area (TPSA) is 80.7 Å². The number of anilines is 1. The van der Waals surface area contributed by atoms with E-state index in [4.69, 9.17) is 14.1 Å². The molecule has 4 heterocycles. The maximum Gasteiger partial charge on any atom is 0.236 e. The molecular weight excluding hydrogens is 332 g/mol. The normalized spacial score (nSPS) is 20.5. The molecule has 2 aromatic rings. The van der Waals surface area contributed by atoms with Crippen molar-refractivity contribution in [2.45, 2.75) is 40.4 Å². The summed E-state index contributed by atoms with van der Waals surface area (Å²) in [7, 11) is 0. The first-order valence-electron chi connectivity index (χ1n) is 9.07. The van der Waals surface area contributed by atoms with Gasteiger partial charge >= 0.3 is 0 Å². The summed E-state index contributed by atoms with van der Waals surface area (Å²) in [5.41, 5.74) is 1.11. The molecule has 2 aliphatic rings. The summed E-state index contributed by atoms with van der Waals surface area (Å²) in [4.78, 5) is 7.38. The van der Waals surface area contributed by atoms with Gasteiger partial charge in [0.2, 0.25) is 11.8 Å². The van der Waals surface area contributed by atoms with Crippen molar-refractivity contribution >= 4 is 11.7 Å². The zero-order valence-electron chi connectivity index (χ0n) is 15.8. The fourth-order valence-corrected chi connectivity index (χ4v) is 3.28. The summed E-state index contributed by atoms with van der Waals surface area (Å²) in [6.07, 6.45) is 2.05. The monoisotopic (exact) mass is 358 g/mol. The highest BCUT2D eigenvalue weighted by Crippen LogP contribution is 2.33. The van der Waals surface area contributed by atoms with E-state index < -0.39 is 0 Å². The van der Waals surface area contributed by atoms with E-state index in [1.54, 1.807) is 6.92 Å². The van der Waals surface area contributed by atoms with Crippen LogP contribution < -0.4 is 5.32 Å². The molecule has 0 aromatic carbocycles. The first-order valence-corrected chi connectivity index (χ1v) is 9.07. The maximum atomic E-state index is 5.56. The molecule has 0 aliphatic carbocycles. The van der Waals surface area contributed by atoms with Crippen LogP contribution in [0, 0.1) is 12.3 Å². The lowest BCUT2D eigenvalue weighted by Crippen LogP contribution is -2.46. The van der Waals surface area contributed by atoms with Gasteiger partial charge in [-0.05, 0) is 6.07 Å². The second kappa shape index (κ2) is 6.42. The molecule has 1 N–H and O–H groups in total. The first-order chi connectivity index (χ1) is 12.4. The van der Waals surface area contributed by atoms with Crippen molar-refractivity contribution in [3.63, 3.8) is 0 Å². The number of aromatic nitrogens is 3. The highest BCUT2D eigenvalue weighted by atomic mass is 16.5. The predicted molar refractivity (Wildman–Crippen MR) is 98.4 cm³/mol. The van der Waals surface area contributed by atoms with E-state index in [1.165, 1.54) is 0 Å². The Bertz CT molecular complexity index is 810. The number of fused-ring (bicyclic) bond motifs is 1. The quantitative estimate of drug-likeness (QED) is 0.885. The summed E-state index contributed by atoms with van der Waals surface area (Å²) < 4.78 is 13.2. The third-order valence-electron chi connectivity index (χ3n) is 4.73. The fraction of sp³-hybridized carbons (Fsp3) is 0.611. The van der Waals surface area contributed by atoms with Gasteiger partial charge in [-0.1, -0.05) is 20.8 Å². The lowest BCUT2D eigenvalue weighted by atomic mass is 9.91. The van der Waals surface area contributed by atoms with E-state index in [2.05, 4.69) is 58.0 Å². The van der Waals surface area contributed by atoms with Crippen LogP contribution in [0.1, 0.15) is 38.1 Å². The molecule has 1 saturated heterocycles. The number of ether oxygens (including phenoxy) is 1. The zero-order valence-corrected chi connectivity index (χ0v) is 15.8. The Labute approximate surface area is 153 Å². The van der Waals surface area contributed by atoms with E-state index >= 15 is 0 Å². The average molecular weight is 358 g/mol.